The number of para-hydroxylation sites is 1. The van der Waals surface area contributed by atoms with E-state index in [1.54, 1.807) is 0 Å². The van der Waals surface area contributed by atoms with Crippen LogP contribution in [0.3, 0.4) is 0 Å². The van der Waals surface area contributed by atoms with Crippen LogP contribution in [0.5, 0.6) is 5.75 Å². The van der Waals surface area contributed by atoms with Gasteiger partial charge in [-0.2, -0.15) is 0 Å². The number of hydrogen-bond donors (Lipinski definition) is 1. The van der Waals surface area contributed by atoms with E-state index in [2.05, 4.69) is 51.2 Å². The molecular formula is C27H45NO. The first kappa shape index (κ1) is 22.7. The van der Waals surface area contributed by atoms with Crippen molar-refractivity contribution in [1.82, 2.24) is 5.32 Å². The third-order valence-electron chi connectivity index (χ3n) is 7.47. The Hall–Kier alpha value is -1.02. The summed E-state index contributed by atoms with van der Waals surface area (Å²) in [5, 5.41) is 3.95. The Bertz CT molecular complexity index is 597. The van der Waals surface area contributed by atoms with Gasteiger partial charge in [0.05, 0.1) is 6.10 Å². The average molecular weight is 400 g/mol. The number of benzene rings is 1. The SMILES string of the molecule is CC[C@@H](C)Oc1c(C2CCCC(C)CCC2)cccc1C(C)NC1CCCCC1. The van der Waals surface area contributed by atoms with E-state index in [9.17, 15) is 0 Å². The third kappa shape index (κ3) is 6.48. The number of rotatable bonds is 7. The Morgan fingerprint density at radius 2 is 1.62 bits per heavy atom. The van der Waals surface area contributed by atoms with Crippen molar-refractivity contribution < 1.29 is 4.74 Å². The molecule has 1 aromatic rings. The summed E-state index contributed by atoms with van der Waals surface area (Å²) < 4.78 is 6.64. The molecule has 0 aromatic heterocycles. The molecular weight excluding hydrogens is 354 g/mol. The molecule has 29 heavy (non-hydrogen) atoms. The first-order valence-electron chi connectivity index (χ1n) is 12.6. The highest BCUT2D eigenvalue weighted by atomic mass is 16.5. The smallest absolute Gasteiger partial charge is 0.127 e. The first-order chi connectivity index (χ1) is 14.1. The van der Waals surface area contributed by atoms with Crippen molar-refractivity contribution in [3.8, 4) is 5.75 Å². The molecule has 0 radical (unpaired) electrons. The molecule has 1 N–H and O–H groups in total. The summed E-state index contributed by atoms with van der Waals surface area (Å²) in [5.74, 6) is 2.76. The molecule has 0 amide bonds. The Morgan fingerprint density at radius 1 is 0.931 bits per heavy atom. The lowest BCUT2D eigenvalue weighted by molar-refractivity contribution is 0.208. The second-order valence-electron chi connectivity index (χ2n) is 9.99. The molecule has 2 heteroatoms. The van der Waals surface area contributed by atoms with E-state index in [4.69, 9.17) is 4.74 Å². The van der Waals surface area contributed by atoms with Crippen LogP contribution in [0, 0.1) is 5.92 Å². The van der Waals surface area contributed by atoms with Crippen molar-refractivity contribution in [2.45, 2.75) is 129 Å². The quantitative estimate of drug-likeness (QED) is 0.502. The van der Waals surface area contributed by atoms with Crippen LogP contribution < -0.4 is 10.1 Å². The number of hydrogen-bond acceptors (Lipinski definition) is 2. The van der Waals surface area contributed by atoms with Crippen molar-refractivity contribution in [3.05, 3.63) is 29.3 Å². The molecule has 2 saturated carbocycles. The summed E-state index contributed by atoms with van der Waals surface area (Å²) in [4.78, 5) is 0. The summed E-state index contributed by atoms with van der Waals surface area (Å²) in [5.41, 5.74) is 2.86. The van der Waals surface area contributed by atoms with Crippen molar-refractivity contribution in [3.63, 3.8) is 0 Å². The van der Waals surface area contributed by atoms with E-state index in [1.807, 2.05) is 0 Å². The summed E-state index contributed by atoms with van der Waals surface area (Å²) in [6.45, 7) is 9.22. The van der Waals surface area contributed by atoms with E-state index in [-0.39, 0.29) is 6.10 Å². The summed E-state index contributed by atoms with van der Waals surface area (Å²) in [6.07, 6.45) is 16.2. The van der Waals surface area contributed by atoms with Gasteiger partial charge < -0.3 is 10.1 Å². The highest BCUT2D eigenvalue weighted by molar-refractivity contribution is 5.45. The van der Waals surface area contributed by atoms with Crippen LogP contribution in [0.4, 0.5) is 0 Å². The fourth-order valence-electron chi connectivity index (χ4n) is 5.39. The van der Waals surface area contributed by atoms with Crippen LogP contribution in [0.15, 0.2) is 18.2 Å². The third-order valence-corrected chi connectivity index (χ3v) is 7.47. The Morgan fingerprint density at radius 3 is 2.28 bits per heavy atom. The van der Waals surface area contributed by atoms with Gasteiger partial charge in [-0.05, 0) is 63.4 Å². The lowest BCUT2D eigenvalue weighted by Gasteiger charge is -2.31. The maximum absolute atomic E-state index is 6.64. The summed E-state index contributed by atoms with van der Waals surface area (Å²) in [6, 6.07) is 7.98. The van der Waals surface area contributed by atoms with E-state index in [1.165, 1.54) is 87.5 Å². The van der Waals surface area contributed by atoms with Gasteiger partial charge in [0.1, 0.15) is 5.75 Å². The minimum Gasteiger partial charge on any atom is -0.490 e. The van der Waals surface area contributed by atoms with Gasteiger partial charge in [-0.1, -0.05) is 77.0 Å². The van der Waals surface area contributed by atoms with Gasteiger partial charge in [-0.25, -0.2) is 0 Å². The molecule has 0 saturated heterocycles. The molecule has 2 atom stereocenters. The maximum atomic E-state index is 6.64. The van der Waals surface area contributed by atoms with E-state index in [0.717, 1.165) is 12.3 Å². The molecule has 1 unspecified atom stereocenters. The first-order valence-corrected chi connectivity index (χ1v) is 12.6. The van der Waals surface area contributed by atoms with Crippen molar-refractivity contribution >= 4 is 0 Å². The van der Waals surface area contributed by atoms with E-state index >= 15 is 0 Å². The van der Waals surface area contributed by atoms with Crippen LogP contribution in [-0.4, -0.2) is 12.1 Å². The standard InChI is InChI=1S/C27H45NO/c1-5-21(3)29-27-25(22(4)28-24-16-7-6-8-17-24)18-11-19-26(27)23-14-9-12-20(2)13-10-15-23/h11,18-24,28H,5-10,12-17H2,1-4H3/t20?,21-,22?,23?/m1/s1. The molecule has 2 aliphatic carbocycles. The molecule has 0 bridgehead atoms. The predicted octanol–water partition coefficient (Wildman–Crippen LogP) is 7.92. The molecule has 3 rings (SSSR count). The summed E-state index contributed by atoms with van der Waals surface area (Å²) in [7, 11) is 0. The molecule has 2 nitrogen and oxygen atoms in total. The molecule has 0 heterocycles. The van der Waals surface area contributed by atoms with Crippen molar-refractivity contribution in [1.29, 1.82) is 0 Å². The monoisotopic (exact) mass is 399 g/mol. The second-order valence-corrected chi connectivity index (χ2v) is 9.99. The Balaban J connectivity index is 1.83. The largest absolute Gasteiger partial charge is 0.490 e. The van der Waals surface area contributed by atoms with Gasteiger partial charge in [-0.3, -0.25) is 0 Å². The maximum Gasteiger partial charge on any atom is 0.127 e. The predicted molar refractivity (Wildman–Crippen MR) is 125 cm³/mol. The molecule has 2 aliphatic rings. The van der Waals surface area contributed by atoms with Crippen LogP contribution in [-0.2, 0) is 0 Å². The molecule has 2 fully saturated rings. The highest BCUT2D eigenvalue weighted by Gasteiger charge is 2.25. The van der Waals surface area contributed by atoms with E-state index < -0.39 is 0 Å². The van der Waals surface area contributed by atoms with Gasteiger partial charge >= 0.3 is 0 Å². The zero-order valence-corrected chi connectivity index (χ0v) is 19.5. The fourth-order valence-corrected chi connectivity index (χ4v) is 5.39. The molecule has 0 spiro atoms. The molecule has 0 aliphatic heterocycles. The zero-order chi connectivity index (χ0) is 20.6. The second kappa shape index (κ2) is 11.4. The van der Waals surface area contributed by atoms with Crippen LogP contribution in [0.25, 0.3) is 0 Å². The van der Waals surface area contributed by atoms with Gasteiger partial charge in [0.2, 0.25) is 0 Å². The van der Waals surface area contributed by atoms with Gasteiger partial charge in [-0.15, -0.1) is 0 Å². The Labute approximate surface area is 180 Å². The fraction of sp³-hybridized carbons (Fsp3) is 0.778. The van der Waals surface area contributed by atoms with Crippen molar-refractivity contribution in [2.75, 3.05) is 0 Å². The van der Waals surface area contributed by atoms with Gasteiger partial charge in [0.25, 0.3) is 0 Å². The minimum atomic E-state index is 0.269. The van der Waals surface area contributed by atoms with Crippen LogP contribution >= 0.6 is 0 Å². The lowest BCUT2D eigenvalue weighted by Crippen LogP contribution is -2.33. The van der Waals surface area contributed by atoms with Gasteiger partial charge in [0.15, 0.2) is 0 Å². The lowest BCUT2D eigenvalue weighted by atomic mass is 9.82. The number of nitrogens with one attached hydrogen (secondary N) is 1. The minimum absolute atomic E-state index is 0.269. The topological polar surface area (TPSA) is 21.3 Å². The van der Waals surface area contributed by atoms with E-state index in [0.29, 0.717) is 18.0 Å². The molecule has 1 aromatic carbocycles. The van der Waals surface area contributed by atoms with Crippen LogP contribution in [0.1, 0.15) is 128 Å². The van der Waals surface area contributed by atoms with Crippen molar-refractivity contribution in [2.24, 2.45) is 5.92 Å². The molecule has 164 valence electrons. The zero-order valence-electron chi connectivity index (χ0n) is 19.5. The highest BCUT2D eigenvalue weighted by Crippen LogP contribution is 2.41. The normalized spacial score (nSPS) is 26.3. The summed E-state index contributed by atoms with van der Waals surface area (Å²) >= 11 is 0. The van der Waals surface area contributed by atoms with Crippen LogP contribution in [0.2, 0.25) is 0 Å². The average Bonchev–Trinajstić information content (AvgIpc) is 2.71. The number of ether oxygens (including phenoxy) is 1. The Kier molecular flexibility index (Phi) is 8.90. The van der Waals surface area contributed by atoms with Gasteiger partial charge in [0, 0.05) is 17.6 Å².